The topological polar surface area (TPSA) is 77.5 Å². The third-order valence-corrected chi connectivity index (χ3v) is 7.38. The Morgan fingerprint density at radius 2 is 2.06 bits per heavy atom. The van der Waals surface area contributed by atoms with Crippen molar-refractivity contribution in [2.75, 3.05) is 4.72 Å². The molecule has 6 nitrogen and oxygen atoms in total. The minimum Gasteiger partial charge on any atom is -0.487 e. The fourth-order valence-corrected chi connectivity index (χ4v) is 5.54. The summed E-state index contributed by atoms with van der Waals surface area (Å²) in [6.07, 6.45) is 2.84. The second-order valence-electron chi connectivity index (χ2n) is 8.28. The van der Waals surface area contributed by atoms with Crippen LogP contribution in [0.2, 0.25) is 0 Å². The largest absolute Gasteiger partial charge is 0.487 e. The summed E-state index contributed by atoms with van der Waals surface area (Å²) in [5.41, 5.74) is 2.69. The second kappa shape index (κ2) is 8.16. The van der Waals surface area contributed by atoms with Crippen LogP contribution in [0.25, 0.3) is 0 Å². The maximum absolute atomic E-state index is 12.8. The molecule has 1 N–H and O–H groups in total. The van der Waals surface area contributed by atoms with Crippen molar-refractivity contribution >= 4 is 26.5 Å². The molecular formula is C23H26N2O4S2. The minimum atomic E-state index is -3.77. The van der Waals surface area contributed by atoms with Crippen LogP contribution in [-0.4, -0.2) is 19.0 Å². The quantitative estimate of drug-likeness (QED) is 0.528. The van der Waals surface area contributed by atoms with Crippen LogP contribution in [-0.2, 0) is 16.4 Å². The predicted molar refractivity (Wildman–Crippen MR) is 123 cm³/mol. The summed E-state index contributed by atoms with van der Waals surface area (Å²) in [5, 5.41) is 2.04. The highest BCUT2D eigenvalue weighted by Gasteiger charge is 2.36. The van der Waals surface area contributed by atoms with Crippen molar-refractivity contribution in [1.29, 1.82) is 0 Å². The van der Waals surface area contributed by atoms with Gasteiger partial charge in [0.2, 0.25) is 0 Å². The molecule has 0 saturated carbocycles. The van der Waals surface area contributed by atoms with E-state index in [1.54, 1.807) is 29.8 Å². The highest BCUT2D eigenvalue weighted by atomic mass is 32.2. The fraction of sp³-hybridized carbons (Fsp3) is 0.348. The van der Waals surface area contributed by atoms with Gasteiger partial charge in [0.15, 0.2) is 5.13 Å². The van der Waals surface area contributed by atoms with E-state index in [0.29, 0.717) is 17.3 Å². The monoisotopic (exact) mass is 458 g/mol. The van der Waals surface area contributed by atoms with Gasteiger partial charge in [-0.3, -0.25) is 4.72 Å². The number of anilines is 1. The van der Waals surface area contributed by atoms with Crippen LogP contribution in [0.15, 0.2) is 52.9 Å². The van der Waals surface area contributed by atoms with Gasteiger partial charge in [-0.05, 0) is 44.9 Å². The van der Waals surface area contributed by atoms with Crippen molar-refractivity contribution < 1.29 is 17.9 Å². The number of hydrogen-bond acceptors (Lipinski definition) is 6. The molecule has 164 valence electrons. The van der Waals surface area contributed by atoms with Crippen LogP contribution in [0.1, 0.15) is 50.0 Å². The summed E-state index contributed by atoms with van der Waals surface area (Å²) < 4.78 is 40.7. The Kier molecular flexibility index (Phi) is 5.70. The lowest BCUT2D eigenvalue weighted by Crippen LogP contribution is -2.36. The number of fused-ring (bicyclic) bond motifs is 1. The Morgan fingerprint density at radius 3 is 2.77 bits per heavy atom. The van der Waals surface area contributed by atoms with Gasteiger partial charge in [-0.25, -0.2) is 13.4 Å². The molecule has 31 heavy (non-hydrogen) atoms. The summed E-state index contributed by atoms with van der Waals surface area (Å²) in [7, 11) is -3.77. The zero-order chi connectivity index (χ0) is 22.2. The van der Waals surface area contributed by atoms with E-state index in [9.17, 15) is 8.42 Å². The van der Waals surface area contributed by atoms with Crippen molar-refractivity contribution in [2.24, 2.45) is 0 Å². The number of nitrogens with zero attached hydrogens (tertiary/aromatic N) is 1. The molecule has 1 aromatic heterocycles. The number of hydrogen-bond donors (Lipinski definition) is 1. The van der Waals surface area contributed by atoms with E-state index in [2.05, 4.69) is 29.6 Å². The predicted octanol–water partition coefficient (Wildman–Crippen LogP) is 5.50. The second-order valence-corrected chi connectivity index (χ2v) is 10.9. The van der Waals surface area contributed by atoms with Gasteiger partial charge < -0.3 is 9.47 Å². The molecule has 0 bridgehead atoms. The molecule has 0 radical (unpaired) electrons. The van der Waals surface area contributed by atoms with E-state index >= 15 is 0 Å². The van der Waals surface area contributed by atoms with E-state index in [4.69, 9.17) is 9.47 Å². The van der Waals surface area contributed by atoms with Gasteiger partial charge in [-0.15, -0.1) is 11.3 Å². The lowest BCUT2D eigenvalue weighted by Gasteiger charge is -2.38. The van der Waals surface area contributed by atoms with Crippen molar-refractivity contribution in [3.05, 3.63) is 64.7 Å². The maximum Gasteiger partial charge on any atom is 0.263 e. The first kappa shape index (κ1) is 21.6. The van der Waals surface area contributed by atoms with E-state index in [-0.39, 0.29) is 11.0 Å². The summed E-state index contributed by atoms with van der Waals surface area (Å²) >= 11 is 1.23. The van der Waals surface area contributed by atoms with Gasteiger partial charge in [-0.1, -0.05) is 30.7 Å². The molecule has 0 amide bonds. The van der Waals surface area contributed by atoms with E-state index in [1.807, 2.05) is 26.0 Å². The summed E-state index contributed by atoms with van der Waals surface area (Å²) in [4.78, 5) is 4.12. The van der Waals surface area contributed by atoms with Crippen LogP contribution >= 0.6 is 11.3 Å². The first-order chi connectivity index (χ1) is 14.7. The molecule has 1 atom stereocenters. The number of rotatable bonds is 6. The smallest absolute Gasteiger partial charge is 0.263 e. The summed E-state index contributed by atoms with van der Waals surface area (Å²) in [5.74, 6) is 1.37. The molecule has 0 saturated heterocycles. The van der Waals surface area contributed by atoms with E-state index < -0.39 is 15.6 Å². The molecule has 3 aromatic rings. The highest BCUT2D eigenvalue weighted by molar-refractivity contribution is 7.93. The average molecular weight is 459 g/mol. The lowest BCUT2D eigenvalue weighted by molar-refractivity contribution is 0.0213. The number of aryl methyl sites for hydroxylation is 2. The van der Waals surface area contributed by atoms with Crippen LogP contribution in [0, 0.1) is 6.92 Å². The molecular weight excluding hydrogens is 432 g/mol. The van der Waals surface area contributed by atoms with Crippen molar-refractivity contribution in [3.63, 3.8) is 0 Å². The number of aromatic nitrogens is 1. The van der Waals surface area contributed by atoms with Gasteiger partial charge in [0.05, 0.1) is 4.90 Å². The average Bonchev–Trinajstić information content (AvgIpc) is 3.20. The van der Waals surface area contributed by atoms with E-state index in [0.717, 1.165) is 23.3 Å². The number of nitrogens with one attached hydrogen (secondary N) is 1. The van der Waals surface area contributed by atoms with Gasteiger partial charge >= 0.3 is 0 Å². The van der Waals surface area contributed by atoms with Crippen LogP contribution < -0.4 is 14.2 Å². The maximum atomic E-state index is 12.8. The first-order valence-electron chi connectivity index (χ1n) is 10.2. The Morgan fingerprint density at radius 1 is 1.26 bits per heavy atom. The third kappa shape index (κ3) is 4.70. The highest BCUT2D eigenvalue weighted by Crippen LogP contribution is 2.43. The molecule has 0 unspecified atom stereocenters. The molecule has 1 aliphatic rings. The van der Waals surface area contributed by atoms with Crippen molar-refractivity contribution in [3.8, 4) is 11.5 Å². The van der Waals surface area contributed by atoms with Crippen LogP contribution in [0.3, 0.4) is 0 Å². The van der Waals surface area contributed by atoms with Gasteiger partial charge in [-0.2, -0.15) is 0 Å². The molecule has 0 aliphatic carbocycles. The number of thiazole rings is 1. The molecule has 2 heterocycles. The van der Waals surface area contributed by atoms with Crippen LogP contribution in [0.5, 0.6) is 11.5 Å². The standard InChI is InChI=1S/C23H26N2O4S2/c1-5-16-12-15(2)6-9-19(16)28-21-14-23(3,4)29-20-13-17(7-8-18(20)21)31(26,27)25-22-24-10-11-30-22/h6-13,21H,5,14H2,1-4H3,(H,24,25)/t21-/m1/s1. The number of benzene rings is 2. The minimum absolute atomic E-state index is 0.127. The zero-order valence-corrected chi connectivity index (χ0v) is 19.6. The summed E-state index contributed by atoms with van der Waals surface area (Å²) in [6, 6.07) is 11.1. The van der Waals surface area contributed by atoms with Crippen LogP contribution in [0.4, 0.5) is 5.13 Å². The number of ether oxygens (including phenoxy) is 2. The first-order valence-corrected chi connectivity index (χ1v) is 12.5. The SMILES string of the molecule is CCc1cc(C)ccc1O[C@@H]1CC(C)(C)Oc2cc(S(=O)(=O)Nc3nccs3)ccc21. The Labute approximate surface area is 187 Å². The molecule has 0 fully saturated rings. The Bertz CT molecular complexity index is 1190. The van der Waals surface area contributed by atoms with E-state index in [1.165, 1.54) is 16.9 Å². The van der Waals surface area contributed by atoms with Crippen molar-refractivity contribution in [1.82, 2.24) is 4.98 Å². The third-order valence-electron chi connectivity index (χ3n) is 5.23. The lowest BCUT2D eigenvalue weighted by atomic mass is 9.91. The molecule has 0 spiro atoms. The summed E-state index contributed by atoms with van der Waals surface area (Å²) in [6.45, 7) is 8.14. The number of sulfonamides is 1. The normalized spacial score (nSPS) is 17.5. The zero-order valence-electron chi connectivity index (χ0n) is 18.0. The Balaban J connectivity index is 1.68. The fourth-order valence-electron chi connectivity index (χ4n) is 3.74. The molecule has 1 aliphatic heterocycles. The van der Waals surface area contributed by atoms with Gasteiger partial charge in [0, 0.05) is 29.6 Å². The van der Waals surface area contributed by atoms with Gasteiger partial charge in [0.1, 0.15) is 23.2 Å². The Hall–Kier alpha value is -2.58. The van der Waals surface area contributed by atoms with Gasteiger partial charge in [0.25, 0.3) is 10.0 Å². The van der Waals surface area contributed by atoms with Crippen molar-refractivity contribution in [2.45, 2.75) is 57.1 Å². The molecule has 4 rings (SSSR count). The molecule has 8 heteroatoms. The molecule has 2 aromatic carbocycles.